The van der Waals surface area contributed by atoms with Gasteiger partial charge in [0.25, 0.3) is 0 Å². The highest BCUT2D eigenvalue weighted by Gasteiger charge is 2.16. The van der Waals surface area contributed by atoms with Crippen LogP contribution in [0.2, 0.25) is 0 Å². The summed E-state index contributed by atoms with van der Waals surface area (Å²) >= 11 is 0. The van der Waals surface area contributed by atoms with E-state index in [4.69, 9.17) is 0 Å². The first kappa shape index (κ1) is 19.0. The molecule has 134 valence electrons. The lowest BCUT2D eigenvalue weighted by Crippen LogP contribution is -2.32. The Bertz CT molecular complexity index is 732. The van der Waals surface area contributed by atoms with E-state index in [1.54, 1.807) is 0 Å². The van der Waals surface area contributed by atoms with Crippen LogP contribution in [0.1, 0.15) is 49.9 Å². The van der Waals surface area contributed by atoms with Crippen molar-refractivity contribution < 1.29 is 4.79 Å². The van der Waals surface area contributed by atoms with E-state index in [1.165, 1.54) is 11.1 Å². The van der Waals surface area contributed by atoms with Crippen LogP contribution in [0.25, 0.3) is 0 Å². The largest absolute Gasteiger partial charge is 0.374 e. The number of amides is 1. The molecule has 25 heavy (non-hydrogen) atoms. The van der Waals surface area contributed by atoms with Crippen molar-refractivity contribution in [3.8, 4) is 0 Å². The Kier molecular flexibility index (Phi) is 5.56. The first-order valence-electron chi connectivity index (χ1n) is 8.83. The molecule has 0 unspecified atom stereocenters. The molecule has 2 aromatic rings. The quantitative estimate of drug-likeness (QED) is 0.789. The Labute approximate surface area is 151 Å². The van der Waals surface area contributed by atoms with E-state index in [2.05, 4.69) is 62.6 Å². The number of benzene rings is 2. The molecule has 3 heteroatoms. The second-order valence-electron chi connectivity index (χ2n) is 7.96. The molecule has 0 spiro atoms. The molecule has 0 heterocycles. The molecular weight excluding hydrogens is 308 g/mol. The molecule has 0 fully saturated rings. The fourth-order valence-electron chi connectivity index (χ4n) is 2.99. The minimum atomic E-state index is -0.319. The van der Waals surface area contributed by atoms with Gasteiger partial charge in [-0.3, -0.25) is 4.79 Å². The van der Waals surface area contributed by atoms with E-state index in [1.807, 2.05) is 32.9 Å². The number of rotatable bonds is 4. The van der Waals surface area contributed by atoms with Crippen molar-refractivity contribution in [3.63, 3.8) is 0 Å². The van der Waals surface area contributed by atoms with Gasteiger partial charge in [0.2, 0.25) is 5.91 Å². The van der Waals surface area contributed by atoms with Crippen molar-refractivity contribution in [3.05, 3.63) is 58.7 Å². The molecule has 0 radical (unpaired) electrons. The van der Waals surface area contributed by atoms with Gasteiger partial charge < -0.3 is 10.6 Å². The maximum Gasteiger partial charge on any atom is 0.246 e. The molecule has 2 aromatic carbocycles. The molecule has 1 amide bonds. The van der Waals surface area contributed by atoms with Crippen molar-refractivity contribution in [1.29, 1.82) is 0 Å². The lowest BCUT2D eigenvalue weighted by atomic mass is 9.87. The Hall–Kier alpha value is -2.29. The van der Waals surface area contributed by atoms with Crippen molar-refractivity contribution in [2.75, 3.05) is 10.6 Å². The predicted octanol–water partition coefficient (Wildman–Crippen LogP) is 5.35. The van der Waals surface area contributed by atoms with Crippen LogP contribution in [-0.2, 0) is 10.2 Å². The van der Waals surface area contributed by atoms with E-state index >= 15 is 0 Å². The molecule has 2 rings (SSSR count). The van der Waals surface area contributed by atoms with Crippen molar-refractivity contribution in [2.24, 2.45) is 0 Å². The Morgan fingerprint density at radius 3 is 1.96 bits per heavy atom. The summed E-state index contributed by atoms with van der Waals surface area (Å²) in [4.78, 5) is 12.6. The van der Waals surface area contributed by atoms with E-state index in [0.29, 0.717) is 0 Å². The number of carbonyl (C=O) groups is 1. The Morgan fingerprint density at radius 2 is 1.48 bits per heavy atom. The van der Waals surface area contributed by atoms with Crippen LogP contribution in [0.5, 0.6) is 0 Å². The molecular formula is C22H30N2O. The molecule has 0 saturated heterocycles. The number of hydrogen-bond acceptors (Lipinski definition) is 2. The summed E-state index contributed by atoms with van der Waals surface area (Å²) in [5, 5.41) is 6.34. The van der Waals surface area contributed by atoms with Gasteiger partial charge >= 0.3 is 0 Å². The van der Waals surface area contributed by atoms with E-state index < -0.39 is 0 Å². The Morgan fingerprint density at radius 1 is 0.960 bits per heavy atom. The van der Waals surface area contributed by atoms with E-state index in [-0.39, 0.29) is 17.4 Å². The molecule has 0 aliphatic carbocycles. The zero-order chi connectivity index (χ0) is 18.8. The van der Waals surface area contributed by atoms with Crippen LogP contribution in [-0.4, -0.2) is 11.9 Å². The van der Waals surface area contributed by atoms with Crippen LogP contribution >= 0.6 is 0 Å². The fourth-order valence-corrected chi connectivity index (χ4v) is 2.99. The molecule has 0 aliphatic rings. The topological polar surface area (TPSA) is 41.1 Å². The summed E-state index contributed by atoms with van der Waals surface area (Å²) in [7, 11) is 0. The van der Waals surface area contributed by atoms with Crippen molar-refractivity contribution >= 4 is 17.3 Å². The van der Waals surface area contributed by atoms with Crippen LogP contribution in [0.3, 0.4) is 0 Å². The van der Waals surface area contributed by atoms with Crippen LogP contribution in [0.4, 0.5) is 11.4 Å². The monoisotopic (exact) mass is 338 g/mol. The highest BCUT2D eigenvalue weighted by molar-refractivity contribution is 5.97. The molecule has 1 atom stereocenters. The summed E-state index contributed by atoms with van der Waals surface area (Å²) in [5.41, 5.74) is 6.65. The summed E-state index contributed by atoms with van der Waals surface area (Å²) in [6, 6.07) is 12.2. The summed E-state index contributed by atoms with van der Waals surface area (Å²) in [6.45, 7) is 14.6. The third-order valence-electron chi connectivity index (χ3n) is 4.45. The standard InChI is InChI=1S/C22H30N2O/c1-14-12-15(2)20(16(3)13-14)24-21(25)17(4)23-19-10-8-18(9-11-19)22(5,6)7/h8-13,17,23H,1-7H3,(H,24,25)/t17-/m1/s1. The summed E-state index contributed by atoms with van der Waals surface area (Å²) in [6.07, 6.45) is 0. The van der Waals surface area contributed by atoms with Crippen LogP contribution in [0.15, 0.2) is 36.4 Å². The zero-order valence-electron chi connectivity index (χ0n) is 16.4. The first-order valence-corrected chi connectivity index (χ1v) is 8.83. The van der Waals surface area contributed by atoms with Gasteiger partial charge in [0.05, 0.1) is 0 Å². The van der Waals surface area contributed by atoms with Gasteiger partial charge in [-0.05, 0) is 61.9 Å². The van der Waals surface area contributed by atoms with E-state index in [9.17, 15) is 4.79 Å². The van der Waals surface area contributed by atoms with Gasteiger partial charge in [0.15, 0.2) is 0 Å². The van der Waals surface area contributed by atoms with E-state index in [0.717, 1.165) is 22.5 Å². The second kappa shape index (κ2) is 7.30. The minimum Gasteiger partial charge on any atom is -0.374 e. The lowest BCUT2D eigenvalue weighted by Gasteiger charge is -2.21. The molecule has 0 aliphatic heterocycles. The number of carbonyl (C=O) groups excluding carboxylic acids is 1. The minimum absolute atomic E-state index is 0.0325. The van der Waals surface area contributed by atoms with Gasteiger partial charge in [-0.25, -0.2) is 0 Å². The smallest absolute Gasteiger partial charge is 0.246 e. The van der Waals surface area contributed by atoms with Gasteiger partial charge in [-0.1, -0.05) is 50.6 Å². The van der Waals surface area contributed by atoms with Crippen molar-refractivity contribution in [1.82, 2.24) is 0 Å². The van der Waals surface area contributed by atoms with Gasteiger partial charge in [0.1, 0.15) is 6.04 Å². The average molecular weight is 338 g/mol. The molecule has 2 N–H and O–H groups in total. The lowest BCUT2D eigenvalue weighted by molar-refractivity contribution is -0.116. The second-order valence-corrected chi connectivity index (χ2v) is 7.96. The number of aryl methyl sites for hydroxylation is 3. The van der Waals surface area contributed by atoms with Crippen LogP contribution < -0.4 is 10.6 Å². The Balaban J connectivity index is 2.06. The van der Waals surface area contributed by atoms with Gasteiger partial charge in [-0.2, -0.15) is 0 Å². The molecule has 0 aromatic heterocycles. The highest BCUT2D eigenvalue weighted by atomic mass is 16.2. The number of anilines is 2. The van der Waals surface area contributed by atoms with Crippen molar-refractivity contribution in [2.45, 2.75) is 59.9 Å². The average Bonchev–Trinajstić information content (AvgIpc) is 2.50. The van der Waals surface area contributed by atoms with Gasteiger partial charge in [-0.15, -0.1) is 0 Å². The van der Waals surface area contributed by atoms with Crippen LogP contribution in [0, 0.1) is 20.8 Å². The highest BCUT2D eigenvalue weighted by Crippen LogP contribution is 2.24. The number of nitrogens with one attached hydrogen (secondary N) is 2. The molecule has 0 bridgehead atoms. The molecule has 3 nitrogen and oxygen atoms in total. The normalized spacial score (nSPS) is 12.6. The predicted molar refractivity (Wildman–Crippen MR) is 108 cm³/mol. The molecule has 0 saturated carbocycles. The fraction of sp³-hybridized carbons (Fsp3) is 0.409. The summed E-state index contributed by atoms with van der Waals surface area (Å²) in [5.74, 6) is -0.0325. The first-order chi connectivity index (χ1) is 11.6. The maximum atomic E-state index is 12.6. The third kappa shape index (κ3) is 4.85. The third-order valence-corrected chi connectivity index (χ3v) is 4.45. The maximum absolute atomic E-state index is 12.6. The van der Waals surface area contributed by atoms with Gasteiger partial charge in [0, 0.05) is 11.4 Å². The zero-order valence-corrected chi connectivity index (χ0v) is 16.4. The SMILES string of the molecule is Cc1cc(C)c(NC(=O)[C@@H](C)Nc2ccc(C(C)(C)C)cc2)c(C)c1. The number of hydrogen-bond donors (Lipinski definition) is 2. The summed E-state index contributed by atoms with van der Waals surface area (Å²) < 4.78 is 0.